The molecule has 0 aliphatic carbocycles. The van der Waals surface area contributed by atoms with Crippen LogP contribution in [-0.4, -0.2) is 30.7 Å². The van der Waals surface area contributed by atoms with Crippen molar-refractivity contribution in [1.29, 1.82) is 0 Å². The van der Waals surface area contributed by atoms with E-state index >= 15 is 0 Å². The van der Waals surface area contributed by atoms with Gasteiger partial charge in [-0.15, -0.1) is 0 Å². The van der Waals surface area contributed by atoms with Gasteiger partial charge in [0, 0.05) is 12.0 Å². The average molecular weight is 357 g/mol. The fraction of sp³-hybridized carbons (Fsp3) is 0.476. The second-order valence-corrected chi connectivity index (χ2v) is 7.55. The highest BCUT2D eigenvalue weighted by Gasteiger charge is 2.26. The Balaban J connectivity index is 2.04. The Kier molecular flexibility index (Phi) is 6.48. The number of rotatable bonds is 7. The van der Waals surface area contributed by atoms with Crippen molar-refractivity contribution < 1.29 is 9.52 Å². The molecule has 1 atom stereocenters. The fourth-order valence-corrected chi connectivity index (χ4v) is 2.64. The van der Waals surface area contributed by atoms with Gasteiger partial charge in [-0.3, -0.25) is 4.99 Å². The predicted octanol–water partition coefficient (Wildman–Crippen LogP) is 3.33. The molecule has 2 rings (SSSR count). The van der Waals surface area contributed by atoms with Crippen molar-refractivity contribution in [2.45, 2.75) is 45.6 Å². The Labute approximate surface area is 156 Å². The van der Waals surface area contributed by atoms with Crippen molar-refractivity contribution in [1.82, 2.24) is 10.6 Å². The van der Waals surface area contributed by atoms with Gasteiger partial charge in [0.15, 0.2) is 5.96 Å². The molecule has 0 aliphatic heterocycles. The lowest BCUT2D eigenvalue weighted by molar-refractivity contribution is 0.0386. The monoisotopic (exact) mass is 357 g/mol. The molecule has 0 saturated carbocycles. The zero-order chi connectivity index (χ0) is 19.2. The third-order valence-electron chi connectivity index (χ3n) is 4.46. The summed E-state index contributed by atoms with van der Waals surface area (Å²) < 4.78 is 5.32. The molecular weight excluding hydrogens is 326 g/mol. The van der Waals surface area contributed by atoms with Crippen molar-refractivity contribution >= 4 is 5.96 Å². The van der Waals surface area contributed by atoms with Crippen molar-refractivity contribution in [2.75, 3.05) is 19.6 Å². The molecule has 5 nitrogen and oxygen atoms in total. The molecule has 2 aromatic rings. The molecule has 0 amide bonds. The molecule has 3 N–H and O–H groups in total. The van der Waals surface area contributed by atoms with Gasteiger partial charge in [0.25, 0.3) is 0 Å². The SMILES string of the molecule is CCNC(=NCC(C)(C)c1ccc(C)cc1)NCC(C)(O)c1ccco1. The summed E-state index contributed by atoms with van der Waals surface area (Å²) in [6, 6.07) is 12.1. The Morgan fingerprint density at radius 2 is 1.81 bits per heavy atom. The Morgan fingerprint density at radius 3 is 2.38 bits per heavy atom. The number of nitrogens with zero attached hydrogens (tertiary/aromatic N) is 1. The fourth-order valence-electron chi connectivity index (χ4n) is 2.64. The van der Waals surface area contributed by atoms with Gasteiger partial charge < -0.3 is 20.2 Å². The zero-order valence-electron chi connectivity index (χ0n) is 16.5. The second kappa shape index (κ2) is 8.41. The Morgan fingerprint density at radius 1 is 1.12 bits per heavy atom. The molecule has 0 spiro atoms. The maximum Gasteiger partial charge on any atom is 0.191 e. The van der Waals surface area contributed by atoms with Gasteiger partial charge in [-0.1, -0.05) is 43.7 Å². The highest BCUT2D eigenvalue weighted by Crippen LogP contribution is 2.24. The molecule has 0 aliphatic rings. The first-order valence-electron chi connectivity index (χ1n) is 9.10. The highest BCUT2D eigenvalue weighted by atomic mass is 16.4. The maximum atomic E-state index is 10.6. The number of hydrogen-bond donors (Lipinski definition) is 3. The number of furan rings is 1. The summed E-state index contributed by atoms with van der Waals surface area (Å²) in [6.07, 6.45) is 1.56. The van der Waals surface area contributed by atoms with Gasteiger partial charge in [-0.2, -0.15) is 0 Å². The van der Waals surface area contributed by atoms with Crippen LogP contribution in [0, 0.1) is 6.92 Å². The molecule has 1 aromatic carbocycles. The summed E-state index contributed by atoms with van der Waals surface area (Å²) in [5.41, 5.74) is 1.32. The van der Waals surface area contributed by atoms with Crippen LogP contribution in [0.4, 0.5) is 0 Å². The molecular formula is C21H31N3O2. The number of nitrogens with one attached hydrogen (secondary N) is 2. The van der Waals surface area contributed by atoms with Gasteiger partial charge in [0.2, 0.25) is 0 Å². The smallest absolute Gasteiger partial charge is 0.191 e. The van der Waals surface area contributed by atoms with E-state index in [0.717, 1.165) is 6.54 Å². The Hall–Kier alpha value is -2.27. The molecule has 0 radical (unpaired) electrons. The third kappa shape index (κ3) is 5.36. The summed E-state index contributed by atoms with van der Waals surface area (Å²) in [7, 11) is 0. The van der Waals surface area contributed by atoms with E-state index in [4.69, 9.17) is 9.41 Å². The van der Waals surface area contributed by atoms with Crippen molar-refractivity contribution in [2.24, 2.45) is 4.99 Å². The van der Waals surface area contributed by atoms with E-state index in [9.17, 15) is 5.11 Å². The number of aliphatic imine (C=N–C) groups is 1. The number of aryl methyl sites for hydroxylation is 1. The summed E-state index contributed by atoms with van der Waals surface area (Å²) in [4.78, 5) is 4.72. The molecule has 142 valence electrons. The quantitative estimate of drug-likeness (QED) is 0.525. The van der Waals surface area contributed by atoms with Crippen LogP contribution >= 0.6 is 0 Å². The van der Waals surface area contributed by atoms with E-state index in [0.29, 0.717) is 24.8 Å². The van der Waals surface area contributed by atoms with E-state index in [1.54, 1.807) is 25.3 Å². The van der Waals surface area contributed by atoms with Gasteiger partial charge in [-0.25, -0.2) is 0 Å². The minimum atomic E-state index is -1.10. The third-order valence-corrected chi connectivity index (χ3v) is 4.46. The van der Waals surface area contributed by atoms with E-state index in [1.807, 2.05) is 6.92 Å². The topological polar surface area (TPSA) is 69.8 Å². The predicted molar refractivity (Wildman–Crippen MR) is 106 cm³/mol. The maximum absolute atomic E-state index is 10.6. The number of guanidine groups is 1. The first-order valence-corrected chi connectivity index (χ1v) is 9.10. The van der Waals surface area contributed by atoms with Crippen molar-refractivity contribution in [3.8, 4) is 0 Å². The molecule has 1 unspecified atom stereocenters. The molecule has 5 heteroatoms. The largest absolute Gasteiger partial charge is 0.466 e. The minimum Gasteiger partial charge on any atom is -0.466 e. The van der Waals surface area contributed by atoms with Crippen LogP contribution in [0.5, 0.6) is 0 Å². The summed E-state index contributed by atoms with van der Waals surface area (Å²) in [5, 5.41) is 17.0. The summed E-state index contributed by atoms with van der Waals surface area (Å²) in [6.45, 7) is 11.9. The van der Waals surface area contributed by atoms with Crippen LogP contribution in [-0.2, 0) is 11.0 Å². The van der Waals surface area contributed by atoms with Crippen LogP contribution in [0.3, 0.4) is 0 Å². The van der Waals surface area contributed by atoms with Crippen LogP contribution in [0.1, 0.15) is 44.6 Å². The van der Waals surface area contributed by atoms with Crippen molar-refractivity contribution in [3.05, 3.63) is 59.5 Å². The first kappa shape index (κ1) is 20.0. The second-order valence-electron chi connectivity index (χ2n) is 7.55. The van der Waals surface area contributed by atoms with Gasteiger partial charge in [-0.05, 0) is 38.5 Å². The highest BCUT2D eigenvalue weighted by molar-refractivity contribution is 5.79. The van der Waals surface area contributed by atoms with Crippen LogP contribution in [0.25, 0.3) is 0 Å². The lowest BCUT2D eigenvalue weighted by Gasteiger charge is -2.25. The van der Waals surface area contributed by atoms with Crippen LogP contribution < -0.4 is 10.6 Å². The Bertz CT molecular complexity index is 701. The first-order chi connectivity index (χ1) is 12.2. The van der Waals surface area contributed by atoms with Crippen LogP contribution in [0.15, 0.2) is 52.1 Å². The van der Waals surface area contributed by atoms with Gasteiger partial charge in [0.1, 0.15) is 11.4 Å². The molecule has 0 saturated heterocycles. The number of hydrogen-bond acceptors (Lipinski definition) is 3. The number of aliphatic hydroxyl groups is 1. The van der Waals surface area contributed by atoms with Crippen LogP contribution in [0.2, 0.25) is 0 Å². The lowest BCUT2D eigenvalue weighted by atomic mass is 9.84. The standard InChI is InChI=1S/C21H31N3O2/c1-6-22-19(24-15-21(5,25)18-8-7-13-26-18)23-14-20(3,4)17-11-9-16(2)10-12-17/h7-13,25H,6,14-15H2,1-5H3,(H2,22,23,24). The molecule has 0 fully saturated rings. The summed E-state index contributed by atoms with van der Waals surface area (Å²) in [5.74, 6) is 1.21. The van der Waals surface area contributed by atoms with Crippen molar-refractivity contribution in [3.63, 3.8) is 0 Å². The normalized spacial score (nSPS) is 14.8. The molecule has 0 bridgehead atoms. The minimum absolute atomic E-state index is 0.0837. The average Bonchev–Trinajstić information content (AvgIpc) is 3.13. The lowest BCUT2D eigenvalue weighted by Crippen LogP contribution is -2.45. The van der Waals surface area contributed by atoms with E-state index in [1.165, 1.54) is 11.1 Å². The molecule has 1 aromatic heterocycles. The molecule has 1 heterocycles. The zero-order valence-corrected chi connectivity index (χ0v) is 16.5. The van der Waals surface area contributed by atoms with E-state index < -0.39 is 5.60 Å². The van der Waals surface area contributed by atoms with E-state index in [2.05, 4.69) is 55.7 Å². The summed E-state index contributed by atoms with van der Waals surface area (Å²) >= 11 is 0. The molecule has 26 heavy (non-hydrogen) atoms. The van der Waals surface area contributed by atoms with E-state index in [-0.39, 0.29) is 5.41 Å². The van der Waals surface area contributed by atoms with Gasteiger partial charge in [0.05, 0.1) is 19.4 Å². The number of benzene rings is 1. The van der Waals surface area contributed by atoms with Gasteiger partial charge >= 0.3 is 0 Å².